The van der Waals surface area contributed by atoms with Crippen LogP contribution in [0.3, 0.4) is 0 Å². The van der Waals surface area contributed by atoms with E-state index in [1.807, 2.05) is 0 Å². The molecule has 0 aliphatic rings. The molecule has 0 aliphatic carbocycles. The number of anilines is 2. The van der Waals surface area contributed by atoms with Gasteiger partial charge in [0.2, 0.25) is 11.8 Å². The Balaban J connectivity index is 1.84. The highest BCUT2D eigenvalue weighted by Gasteiger charge is 2.12. The van der Waals surface area contributed by atoms with E-state index in [1.165, 1.54) is 6.92 Å². The quantitative estimate of drug-likeness (QED) is 0.698. The van der Waals surface area contributed by atoms with E-state index in [9.17, 15) is 14.4 Å². The summed E-state index contributed by atoms with van der Waals surface area (Å²) in [5, 5.41) is 5.49. The van der Waals surface area contributed by atoms with Gasteiger partial charge in [-0.25, -0.2) is 0 Å². The molecule has 0 fully saturated rings. The number of carbonyl (C=O) groups is 3. The van der Waals surface area contributed by atoms with Crippen LogP contribution in [0.4, 0.5) is 11.4 Å². The summed E-state index contributed by atoms with van der Waals surface area (Å²) >= 11 is 0. The number of nitrogens with zero attached hydrogens (tertiary/aromatic N) is 1. The number of carbonyl (C=O) groups excluding carboxylic acids is 3. The van der Waals surface area contributed by atoms with Crippen molar-refractivity contribution in [1.29, 1.82) is 0 Å². The van der Waals surface area contributed by atoms with E-state index in [4.69, 9.17) is 4.74 Å². The van der Waals surface area contributed by atoms with Crippen LogP contribution in [0.5, 0.6) is 5.75 Å². The van der Waals surface area contributed by atoms with Crippen molar-refractivity contribution < 1.29 is 19.1 Å². The maximum absolute atomic E-state index is 12.1. The molecule has 2 aromatic carbocycles. The lowest BCUT2D eigenvalue weighted by molar-refractivity contribution is -0.119. The summed E-state index contributed by atoms with van der Waals surface area (Å²) in [4.78, 5) is 37.3. The maximum Gasteiger partial charge on any atom is 0.238 e. The number of nitrogens with one attached hydrogen (secondary N) is 2. The van der Waals surface area contributed by atoms with E-state index in [2.05, 4.69) is 10.6 Å². The van der Waals surface area contributed by atoms with Gasteiger partial charge in [0.1, 0.15) is 5.75 Å². The standard InChI is InChI=1S/C20H23N3O4/c1-14(24)15-6-4-7-16(10-15)21-19(25)12-23(2)13-20(26)22-17-8-5-9-18(11-17)27-3/h4-11H,12-13H2,1-3H3,(H,21,25)(H,22,26). The maximum atomic E-state index is 12.1. The predicted octanol–water partition coefficient (Wildman–Crippen LogP) is 2.41. The highest BCUT2D eigenvalue weighted by molar-refractivity contribution is 5.98. The van der Waals surface area contributed by atoms with Crippen molar-refractivity contribution in [3.8, 4) is 5.75 Å². The molecule has 0 aliphatic heterocycles. The van der Waals surface area contributed by atoms with Gasteiger partial charge in [0.25, 0.3) is 0 Å². The molecule has 0 heterocycles. The third-order valence-electron chi connectivity index (χ3n) is 3.73. The first-order chi connectivity index (χ1) is 12.9. The average Bonchev–Trinajstić information content (AvgIpc) is 2.61. The molecule has 2 aromatic rings. The number of amides is 2. The zero-order valence-electron chi connectivity index (χ0n) is 15.6. The molecular formula is C20H23N3O4. The molecule has 0 bridgehead atoms. The van der Waals surface area contributed by atoms with Gasteiger partial charge in [0.05, 0.1) is 20.2 Å². The van der Waals surface area contributed by atoms with Gasteiger partial charge in [-0.2, -0.15) is 0 Å². The highest BCUT2D eigenvalue weighted by Crippen LogP contribution is 2.16. The number of ether oxygens (including phenoxy) is 1. The van der Waals surface area contributed by atoms with E-state index < -0.39 is 0 Å². The van der Waals surface area contributed by atoms with Crippen molar-refractivity contribution in [2.75, 3.05) is 37.9 Å². The zero-order valence-corrected chi connectivity index (χ0v) is 15.6. The third-order valence-corrected chi connectivity index (χ3v) is 3.73. The lowest BCUT2D eigenvalue weighted by Crippen LogP contribution is -2.36. The second kappa shape index (κ2) is 9.49. The molecule has 0 spiro atoms. The Bertz CT molecular complexity index is 835. The molecule has 2 amide bonds. The first-order valence-electron chi connectivity index (χ1n) is 8.40. The Kier molecular flexibility index (Phi) is 7.08. The molecular weight excluding hydrogens is 346 g/mol. The normalized spacial score (nSPS) is 10.4. The zero-order chi connectivity index (χ0) is 19.8. The van der Waals surface area contributed by atoms with Gasteiger partial charge < -0.3 is 15.4 Å². The van der Waals surface area contributed by atoms with Crippen LogP contribution in [0.15, 0.2) is 48.5 Å². The minimum atomic E-state index is -0.271. The molecule has 0 saturated heterocycles. The van der Waals surface area contributed by atoms with Crippen molar-refractivity contribution in [3.05, 3.63) is 54.1 Å². The Morgan fingerprint density at radius 3 is 2.04 bits per heavy atom. The van der Waals surface area contributed by atoms with Gasteiger partial charge in [-0.1, -0.05) is 18.2 Å². The molecule has 142 valence electrons. The minimum absolute atomic E-state index is 0.0375. The van der Waals surface area contributed by atoms with Crippen molar-refractivity contribution in [3.63, 3.8) is 0 Å². The minimum Gasteiger partial charge on any atom is -0.497 e. The molecule has 27 heavy (non-hydrogen) atoms. The number of benzene rings is 2. The summed E-state index contributed by atoms with van der Waals surface area (Å²) in [6.45, 7) is 1.56. The van der Waals surface area contributed by atoms with Crippen LogP contribution in [0.25, 0.3) is 0 Å². The SMILES string of the molecule is COc1cccc(NC(=O)CN(C)CC(=O)Nc2cccc(C(C)=O)c2)c1. The Hall–Kier alpha value is -3.19. The van der Waals surface area contributed by atoms with Crippen LogP contribution in [-0.4, -0.2) is 49.7 Å². The van der Waals surface area contributed by atoms with Crippen LogP contribution in [0.2, 0.25) is 0 Å². The van der Waals surface area contributed by atoms with Crippen molar-refractivity contribution in [2.45, 2.75) is 6.92 Å². The van der Waals surface area contributed by atoms with E-state index >= 15 is 0 Å². The Morgan fingerprint density at radius 1 is 0.926 bits per heavy atom. The molecule has 0 saturated carbocycles. The predicted molar refractivity (Wildman–Crippen MR) is 104 cm³/mol. The van der Waals surface area contributed by atoms with E-state index in [-0.39, 0.29) is 30.7 Å². The van der Waals surface area contributed by atoms with Crippen molar-refractivity contribution in [2.24, 2.45) is 0 Å². The molecule has 0 atom stereocenters. The van der Waals surface area contributed by atoms with Gasteiger partial charge >= 0.3 is 0 Å². The Morgan fingerprint density at radius 2 is 1.48 bits per heavy atom. The van der Waals surface area contributed by atoms with Gasteiger partial charge in [-0.15, -0.1) is 0 Å². The average molecular weight is 369 g/mol. The fraction of sp³-hybridized carbons (Fsp3) is 0.250. The summed E-state index contributed by atoms with van der Waals surface area (Å²) in [6.07, 6.45) is 0. The number of hydrogen-bond donors (Lipinski definition) is 2. The second-order valence-electron chi connectivity index (χ2n) is 6.14. The number of ketones is 1. The molecule has 2 N–H and O–H groups in total. The fourth-order valence-corrected chi connectivity index (χ4v) is 2.46. The topological polar surface area (TPSA) is 87.7 Å². The second-order valence-corrected chi connectivity index (χ2v) is 6.14. The first-order valence-corrected chi connectivity index (χ1v) is 8.40. The summed E-state index contributed by atoms with van der Waals surface area (Å²) in [5.74, 6) is 0.0651. The van der Waals surface area contributed by atoms with Crippen LogP contribution >= 0.6 is 0 Å². The smallest absolute Gasteiger partial charge is 0.238 e. The Labute approximate surface area is 158 Å². The lowest BCUT2D eigenvalue weighted by atomic mass is 10.1. The molecule has 0 radical (unpaired) electrons. The molecule has 0 aromatic heterocycles. The summed E-state index contributed by atoms with van der Waals surface area (Å²) < 4.78 is 5.11. The first kappa shape index (κ1) is 20.1. The van der Waals surface area contributed by atoms with Crippen LogP contribution < -0.4 is 15.4 Å². The van der Waals surface area contributed by atoms with Crippen LogP contribution in [0.1, 0.15) is 17.3 Å². The number of hydrogen-bond acceptors (Lipinski definition) is 5. The van der Waals surface area contributed by atoms with Crippen LogP contribution in [-0.2, 0) is 9.59 Å². The van der Waals surface area contributed by atoms with Gasteiger partial charge in [0, 0.05) is 23.0 Å². The summed E-state index contributed by atoms with van der Waals surface area (Å²) in [6, 6.07) is 13.8. The summed E-state index contributed by atoms with van der Waals surface area (Å²) in [5.41, 5.74) is 1.69. The van der Waals surface area contributed by atoms with Crippen molar-refractivity contribution >= 4 is 29.0 Å². The number of Topliss-reactive ketones (excluding diaryl/α,β-unsaturated/α-hetero) is 1. The number of rotatable bonds is 8. The fourth-order valence-electron chi connectivity index (χ4n) is 2.46. The third kappa shape index (κ3) is 6.56. The van der Waals surface area contributed by atoms with Gasteiger partial charge in [-0.05, 0) is 38.2 Å². The largest absolute Gasteiger partial charge is 0.497 e. The molecule has 7 heteroatoms. The van der Waals surface area contributed by atoms with E-state index in [0.29, 0.717) is 22.7 Å². The lowest BCUT2D eigenvalue weighted by Gasteiger charge is -2.16. The van der Waals surface area contributed by atoms with Gasteiger partial charge in [0.15, 0.2) is 5.78 Å². The van der Waals surface area contributed by atoms with E-state index in [1.54, 1.807) is 67.6 Å². The van der Waals surface area contributed by atoms with E-state index in [0.717, 1.165) is 0 Å². The van der Waals surface area contributed by atoms with Gasteiger partial charge in [-0.3, -0.25) is 19.3 Å². The highest BCUT2D eigenvalue weighted by atomic mass is 16.5. The monoisotopic (exact) mass is 369 g/mol. The number of methoxy groups -OCH3 is 1. The van der Waals surface area contributed by atoms with Crippen molar-refractivity contribution in [1.82, 2.24) is 4.90 Å². The number of likely N-dealkylation sites (N-methyl/N-ethyl adjacent to an activating group) is 1. The molecule has 0 unspecified atom stereocenters. The molecule has 7 nitrogen and oxygen atoms in total. The van der Waals surface area contributed by atoms with Crippen LogP contribution in [0, 0.1) is 0 Å². The molecule has 2 rings (SSSR count). The summed E-state index contributed by atoms with van der Waals surface area (Å²) in [7, 11) is 3.23.